The fraction of sp³-hybridized carbons (Fsp3) is 0.442. The van der Waals surface area contributed by atoms with E-state index >= 15 is 0 Å². The molecule has 51 heavy (non-hydrogen) atoms. The molecule has 0 saturated carbocycles. The van der Waals surface area contributed by atoms with Crippen molar-refractivity contribution in [3.63, 3.8) is 0 Å². The third-order valence-corrected chi connectivity index (χ3v) is 12.3. The molecule has 0 radical (unpaired) electrons. The van der Waals surface area contributed by atoms with Crippen molar-refractivity contribution < 1.29 is 27.1 Å². The van der Waals surface area contributed by atoms with Gasteiger partial charge in [-0.05, 0) is 45.2 Å². The summed E-state index contributed by atoms with van der Waals surface area (Å²) in [5, 5.41) is 0. The van der Waals surface area contributed by atoms with E-state index in [1.807, 2.05) is 0 Å². The summed E-state index contributed by atoms with van der Waals surface area (Å²) in [6.45, 7) is 24.0. The van der Waals surface area contributed by atoms with Crippen molar-refractivity contribution in [1.29, 1.82) is 0 Å². The predicted octanol–water partition coefficient (Wildman–Crippen LogP) is 11.9. The standard InChI is InChI=1S/C43H54O6P2/c1-39(2,3)35-25-33(41(7,8)31-17-13-11-14-18-31)21-23-37(35)48-50-44-27-43(28-45-50)29-46-51(47-30-43)49-38-24-22-34(26-36(38)40(4,5)6)42(9,10)32-19-15-12-16-20-32/h11-26H,27-30H2,1-10H3. The third kappa shape index (κ3) is 8.38. The highest BCUT2D eigenvalue weighted by Crippen LogP contribution is 2.55. The molecule has 0 unspecified atom stereocenters. The molecule has 4 aromatic carbocycles. The Balaban J connectivity index is 1.09. The van der Waals surface area contributed by atoms with E-state index in [4.69, 9.17) is 27.1 Å². The number of rotatable bonds is 8. The van der Waals surface area contributed by atoms with E-state index in [-0.39, 0.29) is 21.7 Å². The van der Waals surface area contributed by atoms with Crippen LogP contribution in [0.3, 0.4) is 0 Å². The van der Waals surface area contributed by atoms with Crippen molar-refractivity contribution in [2.24, 2.45) is 5.41 Å². The molecule has 0 atom stereocenters. The molecule has 2 aliphatic heterocycles. The van der Waals surface area contributed by atoms with Crippen molar-refractivity contribution >= 4 is 17.2 Å². The monoisotopic (exact) mass is 728 g/mol. The van der Waals surface area contributed by atoms with Crippen LogP contribution >= 0.6 is 17.2 Å². The molecule has 2 saturated heterocycles. The molecular formula is C43H54O6P2. The molecule has 2 aliphatic rings. The minimum Gasteiger partial charge on any atom is -0.426 e. The summed E-state index contributed by atoms with van der Waals surface area (Å²) >= 11 is 0. The van der Waals surface area contributed by atoms with E-state index in [0.717, 1.165) is 22.6 Å². The second-order valence-corrected chi connectivity index (χ2v) is 19.4. The Hall–Kier alpha value is -2.82. The van der Waals surface area contributed by atoms with Crippen LogP contribution in [0.25, 0.3) is 0 Å². The Kier molecular flexibility index (Phi) is 10.8. The van der Waals surface area contributed by atoms with Crippen molar-refractivity contribution in [3.05, 3.63) is 130 Å². The molecule has 2 fully saturated rings. The van der Waals surface area contributed by atoms with Crippen LogP contribution in [0.4, 0.5) is 0 Å². The molecule has 0 aliphatic carbocycles. The predicted molar refractivity (Wildman–Crippen MR) is 209 cm³/mol. The van der Waals surface area contributed by atoms with E-state index in [1.54, 1.807) is 0 Å². The van der Waals surface area contributed by atoms with Crippen LogP contribution in [0.5, 0.6) is 11.5 Å². The lowest BCUT2D eigenvalue weighted by atomic mass is 9.75. The molecule has 8 heteroatoms. The topological polar surface area (TPSA) is 55.4 Å². The Morgan fingerprint density at radius 2 is 0.784 bits per heavy atom. The zero-order valence-electron chi connectivity index (χ0n) is 31.9. The van der Waals surface area contributed by atoms with Gasteiger partial charge < -0.3 is 27.1 Å². The summed E-state index contributed by atoms with van der Waals surface area (Å²) in [6.07, 6.45) is 0. The summed E-state index contributed by atoms with van der Waals surface area (Å²) < 4.78 is 37.8. The molecule has 272 valence electrons. The molecule has 0 amide bonds. The van der Waals surface area contributed by atoms with Crippen LogP contribution in [-0.4, -0.2) is 26.4 Å². The largest absolute Gasteiger partial charge is 0.426 e. The van der Waals surface area contributed by atoms with Crippen molar-refractivity contribution in [2.75, 3.05) is 26.4 Å². The average Bonchev–Trinajstić information content (AvgIpc) is 3.10. The van der Waals surface area contributed by atoms with Crippen LogP contribution in [0.1, 0.15) is 103 Å². The normalized spacial score (nSPS) is 21.8. The number of benzene rings is 4. The van der Waals surface area contributed by atoms with Gasteiger partial charge in [-0.15, -0.1) is 0 Å². The number of hydrogen-bond donors (Lipinski definition) is 0. The van der Waals surface area contributed by atoms with E-state index in [9.17, 15) is 0 Å². The third-order valence-electron chi connectivity index (χ3n) is 10.3. The highest BCUT2D eigenvalue weighted by molar-refractivity contribution is 7.42. The molecule has 6 nitrogen and oxygen atoms in total. The quantitative estimate of drug-likeness (QED) is 0.168. The zero-order valence-corrected chi connectivity index (χ0v) is 33.7. The lowest BCUT2D eigenvalue weighted by Crippen LogP contribution is -2.45. The van der Waals surface area contributed by atoms with Gasteiger partial charge in [0.25, 0.3) is 0 Å². The van der Waals surface area contributed by atoms with Gasteiger partial charge in [-0.3, -0.25) is 0 Å². The van der Waals surface area contributed by atoms with Gasteiger partial charge in [0.05, 0.1) is 31.8 Å². The first-order valence-corrected chi connectivity index (χ1v) is 20.1. The van der Waals surface area contributed by atoms with E-state index < -0.39 is 22.6 Å². The highest BCUT2D eigenvalue weighted by Gasteiger charge is 2.45. The van der Waals surface area contributed by atoms with Gasteiger partial charge in [-0.2, -0.15) is 0 Å². The van der Waals surface area contributed by atoms with Gasteiger partial charge >= 0.3 is 17.2 Å². The Bertz CT molecular complexity index is 1640. The van der Waals surface area contributed by atoms with Crippen LogP contribution in [0, 0.1) is 5.41 Å². The zero-order chi connectivity index (χ0) is 36.7. The Morgan fingerprint density at radius 1 is 0.451 bits per heavy atom. The van der Waals surface area contributed by atoms with Crippen molar-refractivity contribution in [2.45, 2.75) is 90.9 Å². The van der Waals surface area contributed by atoms with E-state index in [1.165, 1.54) is 22.3 Å². The van der Waals surface area contributed by atoms with Gasteiger partial charge in [0.15, 0.2) is 0 Å². The summed E-state index contributed by atoms with van der Waals surface area (Å²) in [5.41, 5.74) is 6.25. The summed E-state index contributed by atoms with van der Waals surface area (Å²) in [4.78, 5) is 0. The van der Waals surface area contributed by atoms with Gasteiger partial charge in [0.1, 0.15) is 11.5 Å². The first-order valence-electron chi connectivity index (χ1n) is 17.9. The molecule has 1 spiro atoms. The minimum absolute atomic E-state index is 0.141. The SMILES string of the molecule is CC(C)(C)c1cc(C(C)(C)c2ccccc2)ccc1OP1OCC2(CO1)COP(Oc1ccc(C(C)(C)c3ccccc3)cc1C(C)(C)C)OC2. The fourth-order valence-corrected chi connectivity index (χ4v) is 9.08. The molecule has 4 aromatic rings. The molecule has 2 heterocycles. The highest BCUT2D eigenvalue weighted by atomic mass is 31.2. The molecule has 0 bridgehead atoms. The fourth-order valence-electron chi connectivity index (χ4n) is 6.56. The van der Waals surface area contributed by atoms with Crippen LogP contribution in [0.2, 0.25) is 0 Å². The maximum absolute atomic E-state index is 6.45. The van der Waals surface area contributed by atoms with Crippen LogP contribution < -0.4 is 9.05 Å². The summed E-state index contributed by atoms with van der Waals surface area (Å²) in [6, 6.07) is 34.2. The molecular weight excluding hydrogens is 674 g/mol. The average molecular weight is 729 g/mol. The van der Waals surface area contributed by atoms with Crippen molar-refractivity contribution in [3.8, 4) is 11.5 Å². The van der Waals surface area contributed by atoms with E-state index in [0.29, 0.717) is 26.4 Å². The van der Waals surface area contributed by atoms with Crippen molar-refractivity contribution in [1.82, 2.24) is 0 Å². The van der Waals surface area contributed by atoms with Gasteiger partial charge in [-0.1, -0.05) is 154 Å². The van der Waals surface area contributed by atoms with Crippen LogP contribution in [-0.2, 0) is 39.8 Å². The molecule has 6 rings (SSSR count). The van der Waals surface area contributed by atoms with E-state index in [2.05, 4.69) is 166 Å². The molecule has 0 aromatic heterocycles. The first-order chi connectivity index (χ1) is 24.0. The minimum atomic E-state index is -1.58. The second-order valence-electron chi connectivity index (χ2n) is 17.1. The van der Waals surface area contributed by atoms with Gasteiger partial charge in [0, 0.05) is 22.0 Å². The Morgan fingerprint density at radius 3 is 1.10 bits per heavy atom. The summed E-state index contributed by atoms with van der Waals surface area (Å²) in [7, 11) is -3.16. The summed E-state index contributed by atoms with van der Waals surface area (Å²) in [5.74, 6) is 1.58. The first kappa shape index (κ1) is 37.9. The lowest BCUT2D eigenvalue weighted by molar-refractivity contribution is -0.0673. The van der Waals surface area contributed by atoms with Gasteiger partial charge in [0.2, 0.25) is 0 Å². The Labute approximate surface area is 308 Å². The lowest BCUT2D eigenvalue weighted by Gasteiger charge is -2.41. The second kappa shape index (κ2) is 14.5. The molecule has 0 N–H and O–H groups in total. The smallest absolute Gasteiger partial charge is 0.397 e. The maximum Gasteiger partial charge on any atom is 0.397 e. The van der Waals surface area contributed by atoms with Gasteiger partial charge in [-0.25, -0.2) is 0 Å². The van der Waals surface area contributed by atoms with Crippen LogP contribution in [0.15, 0.2) is 97.1 Å². The maximum atomic E-state index is 6.45. The number of hydrogen-bond acceptors (Lipinski definition) is 6.